The van der Waals surface area contributed by atoms with Gasteiger partial charge < -0.3 is 25.8 Å². The Morgan fingerprint density at radius 3 is 2.23 bits per heavy atom. The minimum Gasteiger partial charge on any atom is -0.459 e. The first-order chi connectivity index (χ1) is 21.7. The normalized spacial score (nSPS) is 13.1. The second-order valence-corrected chi connectivity index (χ2v) is 12.4. The molecule has 256 valence electrons. The number of nitrogens with two attached hydrogens (primary N) is 1. The minimum atomic E-state index is -1.15. The van der Waals surface area contributed by atoms with Crippen LogP contribution in [0.15, 0.2) is 54.7 Å². The van der Waals surface area contributed by atoms with Gasteiger partial charge in [-0.15, -0.1) is 12.4 Å². The van der Waals surface area contributed by atoms with E-state index >= 15 is 0 Å². The molecule has 0 bridgehead atoms. The lowest BCUT2D eigenvalue weighted by Gasteiger charge is -2.26. The van der Waals surface area contributed by atoms with Gasteiger partial charge >= 0.3 is 12.1 Å². The van der Waals surface area contributed by atoms with Gasteiger partial charge in [-0.25, -0.2) is 9.59 Å². The Labute approximate surface area is 280 Å². The van der Waals surface area contributed by atoms with Crippen molar-refractivity contribution < 1.29 is 33.6 Å². The minimum absolute atomic E-state index is 0. The summed E-state index contributed by atoms with van der Waals surface area (Å²) >= 11 is 0. The van der Waals surface area contributed by atoms with E-state index < -0.39 is 46.9 Å². The first kappa shape index (κ1) is 38.7. The van der Waals surface area contributed by atoms with Crippen molar-refractivity contribution in [2.45, 2.75) is 84.5 Å². The van der Waals surface area contributed by atoms with Crippen LogP contribution in [0.1, 0.15) is 64.5 Å². The van der Waals surface area contributed by atoms with Crippen molar-refractivity contribution in [2.24, 2.45) is 11.1 Å². The predicted molar refractivity (Wildman–Crippen MR) is 179 cm³/mol. The molecule has 2 aromatic carbocycles. The number of ether oxygens (including phenoxy) is 2. The number of carbonyl (C=O) groups excluding carboxylic acids is 4. The number of halogens is 1. The van der Waals surface area contributed by atoms with E-state index in [-0.39, 0.29) is 43.0 Å². The van der Waals surface area contributed by atoms with Crippen LogP contribution in [0.4, 0.5) is 10.5 Å². The fourth-order valence-electron chi connectivity index (χ4n) is 5.02. The molecular formula is C33H44ClN5O8. The standard InChI is InChI=1S/C33H43N5O8.ClH/c1-6-7-11-26(31(41)46-20-21-13-15-23(16-14-21)38(43)44)35-30(40)27(36-29(39)25(34)18-33(2,3)4)17-22-19-37(32(42)45-5)28-12-9-8-10-24(22)28;/h8-10,12-16,19,25-27H,6-7,11,17-18,20,34H2,1-5H3,(H,35,40)(H,36,39);1H. The van der Waals surface area contributed by atoms with Crippen LogP contribution in [0.3, 0.4) is 0 Å². The molecule has 0 aliphatic heterocycles. The maximum Gasteiger partial charge on any atom is 0.418 e. The Hall–Kier alpha value is -4.49. The van der Waals surface area contributed by atoms with E-state index in [1.807, 2.05) is 27.7 Å². The zero-order valence-electron chi connectivity index (χ0n) is 27.3. The van der Waals surface area contributed by atoms with Gasteiger partial charge in [0, 0.05) is 30.1 Å². The zero-order valence-corrected chi connectivity index (χ0v) is 28.1. The van der Waals surface area contributed by atoms with E-state index in [0.717, 1.165) is 6.42 Å². The Morgan fingerprint density at radius 1 is 1.00 bits per heavy atom. The largest absolute Gasteiger partial charge is 0.459 e. The number of para-hydroxylation sites is 1. The van der Waals surface area contributed by atoms with Crippen LogP contribution in [0, 0.1) is 15.5 Å². The summed E-state index contributed by atoms with van der Waals surface area (Å²) in [5, 5.41) is 17.2. The molecule has 0 radical (unpaired) electrons. The monoisotopic (exact) mass is 673 g/mol. The molecule has 1 aromatic heterocycles. The third kappa shape index (κ3) is 11.1. The Kier molecular flexibility index (Phi) is 14.4. The Bertz CT molecular complexity index is 1550. The quantitative estimate of drug-likeness (QED) is 0.123. The number of nitro benzene ring substituents is 1. The average molecular weight is 674 g/mol. The summed E-state index contributed by atoms with van der Waals surface area (Å²) in [4.78, 5) is 63.2. The highest BCUT2D eigenvalue weighted by Gasteiger charge is 2.31. The molecule has 0 saturated heterocycles. The van der Waals surface area contributed by atoms with Gasteiger partial charge in [0.2, 0.25) is 11.8 Å². The molecule has 0 aliphatic carbocycles. The van der Waals surface area contributed by atoms with Gasteiger partial charge in [0.1, 0.15) is 18.7 Å². The van der Waals surface area contributed by atoms with E-state index in [2.05, 4.69) is 10.6 Å². The average Bonchev–Trinajstić information content (AvgIpc) is 3.38. The molecule has 4 N–H and O–H groups in total. The van der Waals surface area contributed by atoms with Crippen LogP contribution < -0.4 is 16.4 Å². The highest BCUT2D eigenvalue weighted by molar-refractivity contribution is 5.95. The van der Waals surface area contributed by atoms with Gasteiger partial charge in [-0.3, -0.25) is 24.3 Å². The Balaban J connectivity index is 0.00000768. The van der Waals surface area contributed by atoms with Gasteiger partial charge in [-0.2, -0.15) is 0 Å². The number of carbonyl (C=O) groups is 4. The van der Waals surface area contributed by atoms with Crippen LogP contribution in [-0.4, -0.2) is 58.6 Å². The number of hydrogen-bond acceptors (Lipinski definition) is 9. The third-order valence-corrected chi connectivity index (χ3v) is 7.37. The molecule has 14 heteroatoms. The van der Waals surface area contributed by atoms with Gasteiger partial charge in [-0.05, 0) is 47.6 Å². The molecule has 1 heterocycles. The van der Waals surface area contributed by atoms with Crippen LogP contribution in [0.5, 0.6) is 0 Å². The number of methoxy groups -OCH3 is 1. The van der Waals surface area contributed by atoms with Gasteiger partial charge in [0.25, 0.3) is 5.69 Å². The zero-order chi connectivity index (χ0) is 34.0. The lowest BCUT2D eigenvalue weighted by Crippen LogP contribution is -2.55. The van der Waals surface area contributed by atoms with Crippen LogP contribution >= 0.6 is 12.4 Å². The first-order valence-electron chi connectivity index (χ1n) is 15.2. The van der Waals surface area contributed by atoms with Crippen molar-refractivity contribution in [1.29, 1.82) is 0 Å². The first-order valence-corrected chi connectivity index (χ1v) is 15.2. The van der Waals surface area contributed by atoms with Crippen molar-refractivity contribution in [3.63, 3.8) is 0 Å². The number of benzene rings is 2. The molecule has 2 amide bonds. The molecule has 0 fully saturated rings. The molecule has 3 rings (SSSR count). The van der Waals surface area contributed by atoms with Crippen molar-refractivity contribution >= 4 is 52.9 Å². The number of unbranched alkanes of at least 4 members (excludes halogenated alkanes) is 1. The number of nitro groups is 1. The summed E-state index contributed by atoms with van der Waals surface area (Å²) in [7, 11) is 1.26. The van der Waals surface area contributed by atoms with Gasteiger partial charge in [0.05, 0.1) is 23.6 Å². The van der Waals surface area contributed by atoms with Crippen LogP contribution in [0.25, 0.3) is 10.9 Å². The smallest absolute Gasteiger partial charge is 0.418 e. The van der Waals surface area contributed by atoms with E-state index in [9.17, 15) is 29.3 Å². The van der Waals surface area contributed by atoms with Crippen molar-refractivity contribution in [3.8, 4) is 0 Å². The lowest BCUT2D eigenvalue weighted by molar-refractivity contribution is -0.384. The Morgan fingerprint density at radius 2 is 1.64 bits per heavy atom. The number of nitrogens with zero attached hydrogens (tertiary/aromatic N) is 2. The summed E-state index contributed by atoms with van der Waals surface area (Å²) in [6.45, 7) is 7.65. The van der Waals surface area contributed by atoms with Gasteiger partial charge in [0.15, 0.2) is 0 Å². The molecule has 0 aliphatic rings. The van der Waals surface area contributed by atoms with Crippen LogP contribution in [0.2, 0.25) is 0 Å². The predicted octanol–water partition coefficient (Wildman–Crippen LogP) is 4.80. The van der Waals surface area contributed by atoms with E-state index in [4.69, 9.17) is 15.2 Å². The fourth-order valence-corrected chi connectivity index (χ4v) is 5.02. The number of amides is 2. The second kappa shape index (κ2) is 17.4. The maximum absolute atomic E-state index is 13.8. The van der Waals surface area contributed by atoms with Crippen molar-refractivity contribution in [1.82, 2.24) is 15.2 Å². The number of aromatic nitrogens is 1. The van der Waals surface area contributed by atoms with Gasteiger partial charge in [-0.1, -0.05) is 58.7 Å². The maximum atomic E-state index is 13.8. The number of esters is 1. The number of fused-ring (bicyclic) bond motifs is 1. The summed E-state index contributed by atoms with van der Waals surface area (Å²) in [6, 6.07) is 9.63. The number of rotatable bonds is 14. The summed E-state index contributed by atoms with van der Waals surface area (Å²) < 4.78 is 11.7. The van der Waals surface area contributed by atoms with E-state index in [1.165, 1.54) is 35.9 Å². The van der Waals surface area contributed by atoms with Crippen molar-refractivity contribution in [3.05, 3.63) is 76.0 Å². The number of hydrogen-bond donors (Lipinski definition) is 3. The second-order valence-electron chi connectivity index (χ2n) is 12.4. The molecule has 47 heavy (non-hydrogen) atoms. The summed E-state index contributed by atoms with van der Waals surface area (Å²) in [5.41, 5.74) is 7.57. The fraction of sp³-hybridized carbons (Fsp3) is 0.455. The van der Waals surface area contributed by atoms with E-state index in [1.54, 1.807) is 30.5 Å². The lowest BCUT2D eigenvalue weighted by atomic mass is 9.88. The molecule has 3 aromatic rings. The molecule has 0 spiro atoms. The highest BCUT2D eigenvalue weighted by Crippen LogP contribution is 2.24. The molecule has 3 unspecified atom stereocenters. The topological polar surface area (TPSA) is 185 Å². The summed E-state index contributed by atoms with van der Waals surface area (Å²) in [5.74, 6) is -1.84. The molecule has 3 atom stereocenters. The van der Waals surface area contributed by atoms with Crippen molar-refractivity contribution in [2.75, 3.05) is 7.11 Å². The number of nitrogens with one attached hydrogen (secondary N) is 2. The molecular weight excluding hydrogens is 630 g/mol. The van der Waals surface area contributed by atoms with E-state index in [0.29, 0.717) is 34.9 Å². The van der Waals surface area contributed by atoms with Crippen LogP contribution in [-0.2, 0) is 36.9 Å². The SMILES string of the molecule is CCCCC(NC(=O)C(Cc1cn(C(=O)OC)c2ccccc12)NC(=O)C(N)CC(C)(C)C)C(=O)OCc1ccc([N+](=O)[O-])cc1.Cl. The third-order valence-electron chi connectivity index (χ3n) is 7.37. The summed E-state index contributed by atoms with van der Waals surface area (Å²) in [6.07, 6.45) is 2.94. The number of non-ortho nitro benzene ring substituents is 1. The molecule has 13 nitrogen and oxygen atoms in total. The highest BCUT2D eigenvalue weighted by atomic mass is 35.5. The molecule has 0 saturated carbocycles.